The number of aromatic nitrogens is 2. The average molecular weight is 369 g/mol. The Morgan fingerprint density at radius 3 is 2.52 bits per heavy atom. The Labute approximate surface area is 157 Å². The van der Waals surface area contributed by atoms with Crippen LogP contribution in [0.4, 0.5) is 0 Å². The highest BCUT2D eigenvalue weighted by Crippen LogP contribution is 2.27. The summed E-state index contributed by atoms with van der Waals surface area (Å²) in [5, 5.41) is 2.96. The molecule has 0 aliphatic heterocycles. The van der Waals surface area contributed by atoms with Crippen LogP contribution in [-0.2, 0) is 6.42 Å². The highest BCUT2D eigenvalue weighted by Gasteiger charge is 2.18. The second-order valence-electron chi connectivity index (χ2n) is 6.01. The third-order valence-electron chi connectivity index (χ3n) is 4.37. The van der Waals surface area contributed by atoms with E-state index in [1.54, 1.807) is 31.9 Å². The lowest BCUT2D eigenvalue weighted by Gasteiger charge is -2.10. The average Bonchev–Trinajstić information content (AvgIpc) is 3.03. The molecule has 0 aliphatic carbocycles. The molecule has 1 amide bonds. The summed E-state index contributed by atoms with van der Waals surface area (Å²) in [4.78, 5) is 17.2. The SMILES string of the molecule is COc1ccc(CCNC(=O)c2c(C)nc3c(OC)cccn23)cc1OC. The highest BCUT2D eigenvalue weighted by molar-refractivity contribution is 5.95. The molecule has 0 saturated carbocycles. The fraction of sp³-hybridized carbons (Fsp3) is 0.300. The number of hydrogen-bond acceptors (Lipinski definition) is 5. The van der Waals surface area contributed by atoms with Gasteiger partial charge in [0.15, 0.2) is 22.9 Å². The number of benzene rings is 1. The Morgan fingerprint density at radius 1 is 1.07 bits per heavy atom. The van der Waals surface area contributed by atoms with Crippen LogP contribution >= 0.6 is 0 Å². The molecule has 27 heavy (non-hydrogen) atoms. The smallest absolute Gasteiger partial charge is 0.270 e. The van der Waals surface area contributed by atoms with E-state index in [0.717, 1.165) is 5.56 Å². The van der Waals surface area contributed by atoms with Crippen LogP contribution in [0.3, 0.4) is 0 Å². The molecule has 1 aromatic carbocycles. The van der Waals surface area contributed by atoms with Crippen LogP contribution in [0.2, 0.25) is 0 Å². The number of fused-ring (bicyclic) bond motifs is 1. The summed E-state index contributed by atoms with van der Waals surface area (Å²) in [5.74, 6) is 1.81. The van der Waals surface area contributed by atoms with Crippen molar-refractivity contribution < 1.29 is 19.0 Å². The van der Waals surface area contributed by atoms with Crippen molar-refractivity contribution in [2.45, 2.75) is 13.3 Å². The molecule has 0 saturated heterocycles. The number of carbonyl (C=O) groups excluding carboxylic acids is 1. The number of imidazole rings is 1. The molecular formula is C20H23N3O4. The van der Waals surface area contributed by atoms with E-state index in [4.69, 9.17) is 14.2 Å². The van der Waals surface area contributed by atoms with Crippen molar-refractivity contribution in [1.29, 1.82) is 0 Å². The maximum Gasteiger partial charge on any atom is 0.270 e. The van der Waals surface area contributed by atoms with Crippen molar-refractivity contribution in [3.63, 3.8) is 0 Å². The van der Waals surface area contributed by atoms with Crippen LogP contribution in [0.15, 0.2) is 36.5 Å². The number of pyridine rings is 1. The monoisotopic (exact) mass is 369 g/mol. The molecule has 0 atom stereocenters. The third kappa shape index (κ3) is 3.67. The first-order valence-electron chi connectivity index (χ1n) is 8.59. The zero-order valence-corrected chi connectivity index (χ0v) is 15.9. The quantitative estimate of drug-likeness (QED) is 0.693. The molecule has 0 radical (unpaired) electrons. The molecule has 0 spiro atoms. The molecule has 7 nitrogen and oxygen atoms in total. The lowest BCUT2D eigenvalue weighted by Crippen LogP contribution is -2.27. The van der Waals surface area contributed by atoms with Crippen molar-refractivity contribution in [1.82, 2.24) is 14.7 Å². The van der Waals surface area contributed by atoms with Gasteiger partial charge in [0, 0.05) is 12.7 Å². The van der Waals surface area contributed by atoms with Gasteiger partial charge in [-0.25, -0.2) is 4.98 Å². The number of aryl methyl sites for hydroxylation is 1. The van der Waals surface area contributed by atoms with Gasteiger partial charge in [0.05, 0.1) is 27.0 Å². The van der Waals surface area contributed by atoms with E-state index in [2.05, 4.69) is 10.3 Å². The zero-order chi connectivity index (χ0) is 19.4. The number of nitrogens with zero attached hydrogens (tertiary/aromatic N) is 2. The van der Waals surface area contributed by atoms with E-state index >= 15 is 0 Å². The van der Waals surface area contributed by atoms with Crippen molar-refractivity contribution in [2.24, 2.45) is 0 Å². The Kier molecular flexibility index (Phi) is 5.49. The van der Waals surface area contributed by atoms with Gasteiger partial charge in [-0.2, -0.15) is 0 Å². The number of nitrogens with one attached hydrogen (secondary N) is 1. The van der Waals surface area contributed by atoms with Crippen molar-refractivity contribution in [3.05, 3.63) is 53.5 Å². The van der Waals surface area contributed by atoms with E-state index < -0.39 is 0 Å². The van der Waals surface area contributed by atoms with Gasteiger partial charge in [-0.1, -0.05) is 6.07 Å². The Morgan fingerprint density at radius 2 is 1.81 bits per heavy atom. The van der Waals surface area contributed by atoms with Crippen LogP contribution < -0.4 is 19.5 Å². The molecule has 2 heterocycles. The summed E-state index contributed by atoms with van der Waals surface area (Å²) in [6.45, 7) is 2.31. The number of rotatable bonds is 7. The van der Waals surface area contributed by atoms with Crippen molar-refractivity contribution in [3.8, 4) is 17.2 Å². The fourth-order valence-electron chi connectivity index (χ4n) is 3.03. The van der Waals surface area contributed by atoms with Crippen LogP contribution in [0.1, 0.15) is 21.7 Å². The molecule has 0 bridgehead atoms. The van der Waals surface area contributed by atoms with Gasteiger partial charge >= 0.3 is 0 Å². The van der Waals surface area contributed by atoms with E-state index in [1.807, 2.05) is 37.3 Å². The molecule has 2 aromatic heterocycles. The minimum Gasteiger partial charge on any atom is -0.493 e. The van der Waals surface area contributed by atoms with E-state index in [0.29, 0.717) is 47.2 Å². The molecule has 0 unspecified atom stereocenters. The second kappa shape index (κ2) is 7.99. The van der Waals surface area contributed by atoms with Crippen molar-refractivity contribution >= 4 is 11.6 Å². The largest absolute Gasteiger partial charge is 0.493 e. The second-order valence-corrected chi connectivity index (χ2v) is 6.01. The van der Waals surface area contributed by atoms with Gasteiger partial charge in [-0.05, 0) is 43.2 Å². The van der Waals surface area contributed by atoms with Crippen LogP contribution in [0.5, 0.6) is 17.2 Å². The normalized spacial score (nSPS) is 10.7. The van der Waals surface area contributed by atoms with E-state index in [1.165, 1.54) is 0 Å². The van der Waals surface area contributed by atoms with Gasteiger partial charge in [-0.3, -0.25) is 9.20 Å². The minimum absolute atomic E-state index is 0.172. The van der Waals surface area contributed by atoms with Gasteiger partial charge in [0.1, 0.15) is 5.69 Å². The molecule has 7 heteroatoms. The lowest BCUT2D eigenvalue weighted by atomic mass is 10.1. The molecule has 142 valence electrons. The Bertz CT molecular complexity index is 965. The number of amides is 1. The third-order valence-corrected chi connectivity index (χ3v) is 4.37. The fourth-order valence-corrected chi connectivity index (χ4v) is 3.03. The molecular weight excluding hydrogens is 346 g/mol. The van der Waals surface area contributed by atoms with Crippen molar-refractivity contribution in [2.75, 3.05) is 27.9 Å². The van der Waals surface area contributed by atoms with Gasteiger partial charge in [-0.15, -0.1) is 0 Å². The summed E-state index contributed by atoms with van der Waals surface area (Å²) in [5.41, 5.74) is 2.84. The first-order valence-corrected chi connectivity index (χ1v) is 8.59. The summed E-state index contributed by atoms with van der Waals surface area (Å²) < 4.78 is 17.6. The van der Waals surface area contributed by atoms with E-state index in [9.17, 15) is 4.79 Å². The van der Waals surface area contributed by atoms with Gasteiger partial charge < -0.3 is 19.5 Å². The molecule has 1 N–H and O–H groups in total. The predicted molar refractivity (Wildman–Crippen MR) is 102 cm³/mol. The molecule has 3 aromatic rings. The van der Waals surface area contributed by atoms with E-state index in [-0.39, 0.29) is 5.91 Å². The first kappa shape index (κ1) is 18.6. The van der Waals surface area contributed by atoms with Crippen LogP contribution in [0.25, 0.3) is 5.65 Å². The van der Waals surface area contributed by atoms with Crippen LogP contribution in [0, 0.1) is 6.92 Å². The summed E-state index contributed by atoms with van der Waals surface area (Å²) in [7, 11) is 4.79. The molecule has 3 rings (SSSR count). The Balaban J connectivity index is 1.72. The number of hydrogen-bond donors (Lipinski definition) is 1. The minimum atomic E-state index is -0.172. The van der Waals surface area contributed by atoms with Gasteiger partial charge in [0.25, 0.3) is 5.91 Å². The summed E-state index contributed by atoms with van der Waals surface area (Å²) in [6, 6.07) is 9.37. The van der Waals surface area contributed by atoms with Crippen LogP contribution in [-0.4, -0.2) is 43.2 Å². The maximum absolute atomic E-state index is 12.7. The zero-order valence-electron chi connectivity index (χ0n) is 15.9. The van der Waals surface area contributed by atoms with Gasteiger partial charge in [0.2, 0.25) is 0 Å². The summed E-state index contributed by atoms with van der Waals surface area (Å²) in [6.07, 6.45) is 2.48. The lowest BCUT2D eigenvalue weighted by molar-refractivity contribution is 0.0947. The predicted octanol–water partition coefficient (Wildman–Crippen LogP) is 2.64. The topological polar surface area (TPSA) is 74.1 Å². The molecule has 0 fully saturated rings. The number of methoxy groups -OCH3 is 3. The first-order chi connectivity index (χ1) is 13.1. The standard InChI is InChI=1S/C20H23N3O4/c1-13-18(23-11-5-6-16(26-3)19(23)22-13)20(24)21-10-9-14-7-8-15(25-2)17(12-14)27-4/h5-8,11-12H,9-10H2,1-4H3,(H,21,24). The highest BCUT2D eigenvalue weighted by atomic mass is 16.5. The maximum atomic E-state index is 12.7. The Hall–Kier alpha value is -3.22. The number of carbonyl (C=O) groups is 1. The number of ether oxygens (including phenoxy) is 3. The molecule has 0 aliphatic rings. The summed E-state index contributed by atoms with van der Waals surface area (Å²) >= 11 is 0.